The summed E-state index contributed by atoms with van der Waals surface area (Å²) in [4.78, 5) is 4.27. The van der Waals surface area contributed by atoms with E-state index in [1.54, 1.807) is 0 Å². The molecule has 0 saturated heterocycles. The fourth-order valence-electron chi connectivity index (χ4n) is 1.52. The summed E-state index contributed by atoms with van der Waals surface area (Å²) in [7, 11) is 0. The number of thioether (sulfide) groups is 1. The molecule has 1 heterocycles. The fourth-order valence-corrected chi connectivity index (χ4v) is 3.28. The Hall–Kier alpha value is -0.950. The van der Waals surface area contributed by atoms with Gasteiger partial charge in [0.05, 0.1) is 12.1 Å². The number of nitrogens with zero attached hydrogens (tertiary/aromatic N) is 2. The molecule has 96 valence electrons. The van der Waals surface area contributed by atoms with Crippen LogP contribution < -0.4 is 5.73 Å². The van der Waals surface area contributed by atoms with Crippen LogP contribution in [0.2, 0.25) is 0 Å². The second kappa shape index (κ2) is 5.79. The smallest absolute Gasteiger partial charge is 0.170 e. The highest BCUT2D eigenvalue weighted by atomic mass is 32.2. The monoisotopic (exact) mass is 281 g/mol. The third-order valence-corrected chi connectivity index (χ3v) is 4.77. The summed E-state index contributed by atoms with van der Waals surface area (Å²) in [5.74, 6) is 1.34. The molecule has 0 radical (unpaired) electrons. The first kappa shape index (κ1) is 13.5. The molecule has 1 unspecified atom stereocenters. The molecule has 2 rings (SSSR count). The first-order valence-corrected chi connectivity index (χ1v) is 7.28. The van der Waals surface area contributed by atoms with Crippen LogP contribution in [0.3, 0.4) is 0 Å². The quantitative estimate of drug-likeness (QED) is 0.817. The van der Waals surface area contributed by atoms with E-state index in [1.165, 1.54) is 23.3 Å². The van der Waals surface area contributed by atoms with Crippen LogP contribution in [0, 0.1) is 6.92 Å². The van der Waals surface area contributed by atoms with Crippen LogP contribution in [0.4, 0.5) is 0 Å². The topological polar surface area (TPSA) is 72.0 Å². The largest absolute Gasteiger partial charge is 0.394 e. The van der Waals surface area contributed by atoms with E-state index in [9.17, 15) is 5.11 Å². The summed E-state index contributed by atoms with van der Waals surface area (Å²) in [5, 5.41) is 9.55. The minimum Gasteiger partial charge on any atom is -0.394 e. The third-order valence-electron chi connectivity index (χ3n) is 2.59. The molecular formula is C12H15N3OS2. The maximum absolute atomic E-state index is 9.55. The van der Waals surface area contributed by atoms with Crippen molar-refractivity contribution in [1.29, 1.82) is 0 Å². The molecule has 2 aromatic rings. The molecule has 1 aromatic carbocycles. The Balaban J connectivity index is 2.09. The number of aryl methyl sites for hydroxylation is 1. The molecule has 0 spiro atoms. The number of hydrogen-bond donors (Lipinski definition) is 2. The predicted octanol–water partition coefficient (Wildman–Crippen LogP) is 1.79. The SMILES string of the molecule is Cc1nsc(SCC(N)(CO)c2ccccc2)n1. The second-order valence-electron chi connectivity index (χ2n) is 4.08. The second-order valence-corrected chi connectivity index (χ2v) is 6.05. The van der Waals surface area contributed by atoms with E-state index in [4.69, 9.17) is 5.73 Å². The lowest BCUT2D eigenvalue weighted by molar-refractivity contribution is 0.213. The maximum atomic E-state index is 9.55. The van der Waals surface area contributed by atoms with Crippen LogP contribution >= 0.6 is 23.3 Å². The lowest BCUT2D eigenvalue weighted by Gasteiger charge is -2.26. The van der Waals surface area contributed by atoms with Crippen molar-refractivity contribution in [3.05, 3.63) is 41.7 Å². The molecule has 1 aromatic heterocycles. The van der Waals surface area contributed by atoms with Gasteiger partial charge in [-0.25, -0.2) is 4.98 Å². The highest BCUT2D eigenvalue weighted by Gasteiger charge is 2.27. The molecule has 1 atom stereocenters. The molecule has 0 aliphatic rings. The fraction of sp³-hybridized carbons (Fsp3) is 0.333. The van der Waals surface area contributed by atoms with E-state index in [0.29, 0.717) is 5.75 Å². The normalized spacial score (nSPS) is 14.4. The molecule has 18 heavy (non-hydrogen) atoms. The van der Waals surface area contributed by atoms with Gasteiger partial charge in [0.2, 0.25) is 0 Å². The van der Waals surface area contributed by atoms with Gasteiger partial charge < -0.3 is 10.8 Å². The number of aliphatic hydroxyl groups is 1. The predicted molar refractivity (Wildman–Crippen MR) is 74.8 cm³/mol. The van der Waals surface area contributed by atoms with Gasteiger partial charge in [-0.1, -0.05) is 42.1 Å². The van der Waals surface area contributed by atoms with Crippen molar-refractivity contribution < 1.29 is 5.11 Å². The van der Waals surface area contributed by atoms with Crippen molar-refractivity contribution in [1.82, 2.24) is 9.36 Å². The first-order valence-electron chi connectivity index (χ1n) is 5.52. The third kappa shape index (κ3) is 3.08. The molecule has 4 nitrogen and oxygen atoms in total. The summed E-state index contributed by atoms with van der Waals surface area (Å²) < 4.78 is 5.00. The van der Waals surface area contributed by atoms with Crippen molar-refractivity contribution in [2.24, 2.45) is 5.73 Å². The Labute approximate surface area is 114 Å². The van der Waals surface area contributed by atoms with Gasteiger partial charge in [-0.3, -0.25) is 0 Å². The summed E-state index contributed by atoms with van der Waals surface area (Å²) in [6, 6.07) is 9.64. The van der Waals surface area contributed by atoms with E-state index in [-0.39, 0.29) is 6.61 Å². The van der Waals surface area contributed by atoms with Gasteiger partial charge in [0.25, 0.3) is 0 Å². The van der Waals surface area contributed by atoms with E-state index < -0.39 is 5.54 Å². The van der Waals surface area contributed by atoms with Crippen molar-refractivity contribution in [2.75, 3.05) is 12.4 Å². The number of aliphatic hydroxyl groups excluding tert-OH is 1. The minimum absolute atomic E-state index is 0.0954. The van der Waals surface area contributed by atoms with Crippen molar-refractivity contribution >= 4 is 23.3 Å². The van der Waals surface area contributed by atoms with E-state index >= 15 is 0 Å². The Morgan fingerprint density at radius 3 is 2.67 bits per heavy atom. The molecule has 0 aliphatic carbocycles. The first-order chi connectivity index (χ1) is 8.64. The van der Waals surface area contributed by atoms with Gasteiger partial charge in [0, 0.05) is 5.75 Å². The summed E-state index contributed by atoms with van der Waals surface area (Å²) in [6.07, 6.45) is 0. The van der Waals surface area contributed by atoms with Crippen LogP contribution in [0.15, 0.2) is 34.7 Å². The maximum Gasteiger partial charge on any atom is 0.170 e. The average Bonchev–Trinajstić information content (AvgIpc) is 2.83. The number of benzene rings is 1. The van der Waals surface area contributed by atoms with Crippen LogP contribution in [0.5, 0.6) is 0 Å². The van der Waals surface area contributed by atoms with Crippen molar-refractivity contribution in [3.8, 4) is 0 Å². The summed E-state index contributed by atoms with van der Waals surface area (Å²) >= 11 is 2.89. The summed E-state index contributed by atoms with van der Waals surface area (Å²) in [6.45, 7) is 1.77. The highest BCUT2D eigenvalue weighted by molar-refractivity contribution is 8.01. The minimum atomic E-state index is -0.745. The summed E-state index contributed by atoms with van der Waals surface area (Å²) in [5.41, 5.74) is 6.45. The Morgan fingerprint density at radius 1 is 1.39 bits per heavy atom. The van der Waals surface area contributed by atoms with E-state index in [1.807, 2.05) is 37.3 Å². The molecule has 3 N–H and O–H groups in total. The molecule has 0 aliphatic heterocycles. The van der Waals surface area contributed by atoms with E-state index in [2.05, 4.69) is 9.36 Å². The zero-order valence-corrected chi connectivity index (χ0v) is 11.7. The lowest BCUT2D eigenvalue weighted by atomic mass is 9.94. The zero-order valence-electron chi connectivity index (χ0n) is 10.0. The number of hydrogen-bond acceptors (Lipinski definition) is 6. The van der Waals surface area contributed by atoms with Crippen LogP contribution in [0.1, 0.15) is 11.4 Å². The van der Waals surface area contributed by atoms with Crippen LogP contribution in [-0.2, 0) is 5.54 Å². The van der Waals surface area contributed by atoms with Gasteiger partial charge in [0.1, 0.15) is 5.82 Å². The molecule has 0 amide bonds. The highest BCUT2D eigenvalue weighted by Crippen LogP contribution is 2.28. The van der Waals surface area contributed by atoms with Crippen molar-refractivity contribution in [3.63, 3.8) is 0 Å². The number of rotatable bonds is 5. The van der Waals surface area contributed by atoms with Gasteiger partial charge in [-0.15, -0.1) is 0 Å². The molecule has 0 saturated carbocycles. The molecule has 0 bridgehead atoms. The molecule has 0 fully saturated rings. The van der Waals surface area contributed by atoms with Crippen LogP contribution in [-0.4, -0.2) is 26.8 Å². The zero-order chi connectivity index (χ0) is 13.0. The standard InChI is InChI=1S/C12H15N3OS2/c1-9-14-11(18-15-9)17-8-12(13,7-16)10-5-3-2-4-6-10/h2-6,16H,7-8,13H2,1H3. The van der Waals surface area contributed by atoms with Gasteiger partial charge in [-0.05, 0) is 24.0 Å². The average molecular weight is 281 g/mol. The van der Waals surface area contributed by atoms with Gasteiger partial charge in [0.15, 0.2) is 4.34 Å². The Morgan fingerprint density at radius 2 is 2.11 bits per heavy atom. The van der Waals surface area contributed by atoms with E-state index in [0.717, 1.165) is 15.7 Å². The Kier molecular flexibility index (Phi) is 4.34. The number of nitrogens with two attached hydrogens (primary N) is 1. The van der Waals surface area contributed by atoms with Gasteiger partial charge >= 0.3 is 0 Å². The van der Waals surface area contributed by atoms with Gasteiger partial charge in [-0.2, -0.15) is 4.37 Å². The van der Waals surface area contributed by atoms with Crippen LogP contribution in [0.25, 0.3) is 0 Å². The Bertz CT molecular complexity index is 503. The lowest BCUT2D eigenvalue weighted by Crippen LogP contribution is -2.43. The molecule has 6 heteroatoms. The van der Waals surface area contributed by atoms with Crippen molar-refractivity contribution in [2.45, 2.75) is 16.8 Å². The molecular weight excluding hydrogens is 266 g/mol. The number of aromatic nitrogens is 2.